The number of aromatic nitrogens is 1. The minimum absolute atomic E-state index is 0.176. The smallest absolute Gasteiger partial charge is 0.326 e. The highest BCUT2D eigenvalue weighted by Crippen LogP contribution is 2.33. The number of amides is 1. The molecule has 0 aliphatic rings. The Kier molecular flexibility index (Phi) is 7.44. The van der Waals surface area contributed by atoms with Crippen molar-refractivity contribution in [1.82, 2.24) is 10.3 Å². The van der Waals surface area contributed by atoms with Gasteiger partial charge in [-0.05, 0) is 60.0 Å². The van der Waals surface area contributed by atoms with Crippen molar-refractivity contribution in [2.24, 2.45) is 0 Å². The van der Waals surface area contributed by atoms with Crippen LogP contribution in [0.2, 0.25) is 0 Å². The van der Waals surface area contributed by atoms with E-state index in [0.717, 1.165) is 0 Å². The monoisotopic (exact) mass is 511 g/mol. The Labute approximate surface area is 209 Å². The quantitative estimate of drug-likeness (QED) is 0.256. The molecule has 4 rings (SSSR count). The fraction of sp³-hybridized carbons (Fsp3) is 0.192. The van der Waals surface area contributed by atoms with Crippen LogP contribution in [-0.4, -0.2) is 35.1 Å². The maximum Gasteiger partial charge on any atom is 0.326 e. The number of methoxy groups -OCH3 is 1. The van der Waals surface area contributed by atoms with Crippen LogP contribution < -0.4 is 15.4 Å². The molecule has 0 spiro atoms. The summed E-state index contributed by atoms with van der Waals surface area (Å²) in [6, 6.07) is 12.6. The highest BCUT2D eigenvalue weighted by Gasteiger charge is 2.22. The minimum atomic E-state index is -1.11. The van der Waals surface area contributed by atoms with Crippen LogP contribution in [0.3, 0.4) is 0 Å². The zero-order valence-electron chi connectivity index (χ0n) is 19.5. The van der Waals surface area contributed by atoms with Gasteiger partial charge in [0, 0.05) is 0 Å². The number of hydrogen-bond acceptors (Lipinski definition) is 6. The molecule has 0 aliphatic heterocycles. The minimum Gasteiger partial charge on any atom is -0.496 e. The summed E-state index contributed by atoms with van der Waals surface area (Å²) in [5.41, 5.74) is 2.14. The molecule has 0 fully saturated rings. The number of carbonyl (C=O) groups excluding carboxylic acids is 1. The van der Waals surface area contributed by atoms with Gasteiger partial charge in [-0.1, -0.05) is 36.8 Å². The third kappa shape index (κ3) is 5.44. The van der Waals surface area contributed by atoms with Crippen molar-refractivity contribution in [2.45, 2.75) is 25.8 Å². The van der Waals surface area contributed by atoms with Crippen LogP contribution in [0, 0.1) is 11.6 Å². The Morgan fingerprint density at radius 3 is 2.53 bits per heavy atom. The lowest BCUT2D eigenvalue weighted by Crippen LogP contribution is -2.40. The molecular weight excluding hydrogens is 488 g/mol. The van der Waals surface area contributed by atoms with Crippen LogP contribution in [0.4, 0.5) is 19.6 Å². The third-order valence-electron chi connectivity index (χ3n) is 5.52. The van der Waals surface area contributed by atoms with Gasteiger partial charge >= 0.3 is 5.97 Å². The summed E-state index contributed by atoms with van der Waals surface area (Å²) in [4.78, 5) is 28.4. The second-order valence-electron chi connectivity index (χ2n) is 8.02. The molecule has 36 heavy (non-hydrogen) atoms. The lowest BCUT2D eigenvalue weighted by Gasteiger charge is -2.16. The molecular formula is C26H23F2N3O4S. The lowest BCUT2D eigenvalue weighted by molar-refractivity contribution is -0.139. The Hall–Kier alpha value is -4.05. The number of fused-ring (bicyclic) bond motifs is 1. The van der Waals surface area contributed by atoms with E-state index in [1.54, 1.807) is 30.3 Å². The number of hydrogen-bond donors (Lipinski definition) is 3. The van der Waals surface area contributed by atoms with Crippen molar-refractivity contribution in [3.63, 3.8) is 0 Å². The Morgan fingerprint density at radius 1 is 1.08 bits per heavy atom. The number of carbonyl (C=O) groups is 2. The van der Waals surface area contributed by atoms with Crippen molar-refractivity contribution >= 4 is 44.2 Å². The summed E-state index contributed by atoms with van der Waals surface area (Å²) >= 11 is 1.21. The van der Waals surface area contributed by atoms with Crippen molar-refractivity contribution in [3.05, 3.63) is 71.8 Å². The first-order valence-corrected chi connectivity index (χ1v) is 12.0. The van der Waals surface area contributed by atoms with Crippen LogP contribution in [0.15, 0.2) is 54.6 Å². The molecule has 0 bridgehead atoms. The van der Waals surface area contributed by atoms with Gasteiger partial charge in [-0.3, -0.25) is 4.79 Å². The summed E-state index contributed by atoms with van der Waals surface area (Å²) in [5, 5.41) is 15.2. The molecule has 10 heteroatoms. The van der Waals surface area contributed by atoms with E-state index < -0.39 is 23.7 Å². The summed E-state index contributed by atoms with van der Waals surface area (Å²) in [6.45, 7) is 1.83. The van der Waals surface area contributed by atoms with Gasteiger partial charge in [0.25, 0.3) is 5.91 Å². The van der Waals surface area contributed by atoms with E-state index in [1.807, 2.05) is 6.92 Å². The van der Waals surface area contributed by atoms with E-state index in [9.17, 15) is 23.5 Å². The average Bonchev–Trinajstić information content (AvgIpc) is 3.25. The van der Waals surface area contributed by atoms with Gasteiger partial charge in [0.1, 0.15) is 23.4 Å². The fourth-order valence-corrected chi connectivity index (χ4v) is 4.61. The SMILES string of the molecule is CCC[C@H](NC(=O)c1ccc(-c2ccc(Nc3nc4ccc(F)cc4s3)c(F)c2)cc1OC)C(=O)O. The number of thiazole rings is 1. The first-order valence-electron chi connectivity index (χ1n) is 11.1. The summed E-state index contributed by atoms with van der Waals surface area (Å²) in [6.07, 6.45) is 0.899. The first kappa shape index (κ1) is 25.1. The van der Waals surface area contributed by atoms with Gasteiger partial charge < -0.3 is 20.5 Å². The molecule has 0 radical (unpaired) electrons. The van der Waals surface area contributed by atoms with Crippen LogP contribution in [0.25, 0.3) is 21.3 Å². The molecule has 7 nitrogen and oxygen atoms in total. The van der Waals surface area contributed by atoms with Gasteiger partial charge in [-0.15, -0.1) is 0 Å². The number of nitrogens with zero attached hydrogens (tertiary/aromatic N) is 1. The van der Waals surface area contributed by atoms with Crippen LogP contribution in [0.1, 0.15) is 30.1 Å². The van der Waals surface area contributed by atoms with Crippen LogP contribution in [-0.2, 0) is 4.79 Å². The van der Waals surface area contributed by atoms with E-state index in [1.165, 1.54) is 42.7 Å². The number of benzene rings is 3. The topological polar surface area (TPSA) is 101 Å². The van der Waals surface area contributed by atoms with E-state index in [2.05, 4.69) is 15.6 Å². The molecule has 1 amide bonds. The molecule has 1 heterocycles. The molecule has 3 N–H and O–H groups in total. The van der Waals surface area contributed by atoms with Gasteiger partial charge in [0.05, 0.1) is 28.6 Å². The van der Waals surface area contributed by atoms with E-state index in [4.69, 9.17) is 4.74 Å². The third-order valence-corrected chi connectivity index (χ3v) is 6.46. The maximum atomic E-state index is 14.9. The van der Waals surface area contributed by atoms with E-state index in [0.29, 0.717) is 39.3 Å². The van der Waals surface area contributed by atoms with Crippen molar-refractivity contribution < 1.29 is 28.2 Å². The van der Waals surface area contributed by atoms with Gasteiger partial charge in [-0.2, -0.15) is 0 Å². The summed E-state index contributed by atoms with van der Waals surface area (Å²) < 4.78 is 34.4. The van der Waals surface area contributed by atoms with Gasteiger partial charge in [0.15, 0.2) is 5.13 Å². The number of aliphatic carboxylic acids is 1. The van der Waals surface area contributed by atoms with E-state index in [-0.39, 0.29) is 22.8 Å². The van der Waals surface area contributed by atoms with Gasteiger partial charge in [0.2, 0.25) is 0 Å². The number of halogens is 2. The molecule has 0 unspecified atom stereocenters. The highest BCUT2D eigenvalue weighted by atomic mass is 32.1. The van der Waals surface area contributed by atoms with Crippen LogP contribution >= 0.6 is 11.3 Å². The van der Waals surface area contributed by atoms with Crippen molar-refractivity contribution in [3.8, 4) is 16.9 Å². The second-order valence-corrected chi connectivity index (χ2v) is 9.05. The molecule has 186 valence electrons. The number of ether oxygens (including phenoxy) is 1. The molecule has 3 aromatic carbocycles. The molecule has 0 saturated carbocycles. The Balaban J connectivity index is 1.55. The van der Waals surface area contributed by atoms with Crippen molar-refractivity contribution in [2.75, 3.05) is 12.4 Å². The molecule has 4 aromatic rings. The summed E-state index contributed by atoms with van der Waals surface area (Å²) in [5.74, 6) is -2.34. The zero-order chi connectivity index (χ0) is 25.8. The lowest BCUT2D eigenvalue weighted by atomic mass is 10.0. The summed E-state index contributed by atoms with van der Waals surface area (Å²) in [7, 11) is 1.40. The first-order chi connectivity index (χ1) is 17.3. The number of carboxylic acids is 1. The highest BCUT2D eigenvalue weighted by molar-refractivity contribution is 7.22. The standard InChI is InChI=1S/C26H23F2N3O4S/c1-3-4-21(25(33)34)29-24(32)17-8-5-15(12-22(17)35-2)14-6-9-19(18(28)11-14)30-26-31-20-10-7-16(27)13-23(20)36-26/h5-13,21H,3-4H2,1-2H3,(H,29,32)(H,30,31)(H,33,34)/t21-/m0/s1. The maximum absolute atomic E-state index is 14.9. The van der Waals surface area contributed by atoms with Crippen molar-refractivity contribution in [1.29, 1.82) is 0 Å². The van der Waals surface area contributed by atoms with E-state index >= 15 is 0 Å². The molecule has 1 atom stereocenters. The largest absolute Gasteiger partial charge is 0.496 e. The zero-order valence-corrected chi connectivity index (χ0v) is 20.3. The number of rotatable bonds is 9. The number of anilines is 2. The van der Waals surface area contributed by atoms with Crippen LogP contribution in [0.5, 0.6) is 5.75 Å². The molecule has 1 aromatic heterocycles. The number of carboxylic acid groups (broad SMARTS) is 1. The molecule has 0 saturated heterocycles. The number of nitrogens with one attached hydrogen (secondary N) is 2. The Bertz CT molecular complexity index is 1440. The second kappa shape index (κ2) is 10.7. The Morgan fingerprint density at radius 2 is 1.83 bits per heavy atom. The predicted octanol–water partition coefficient (Wildman–Crippen LogP) is 5.98. The fourth-order valence-electron chi connectivity index (χ4n) is 3.70. The predicted molar refractivity (Wildman–Crippen MR) is 135 cm³/mol. The van der Waals surface area contributed by atoms with Gasteiger partial charge in [-0.25, -0.2) is 18.6 Å². The molecule has 0 aliphatic carbocycles. The normalized spacial score (nSPS) is 11.8. The average molecular weight is 512 g/mol.